The minimum atomic E-state index is -0.713. The Labute approximate surface area is 162 Å². The summed E-state index contributed by atoms with van der Waals surface area (Å²) in [5.41, 5.74) is 2.09. The van der Waals surface area contributed by atoms with Crippen molar-refractivity contribution < 1.29 is 14.1 Å². The van der Waals surface area contributed by atoms with Crippen LogP contribution in [0, 0.1) is 0 Å². The lowest BCUT2D eigenvalue weighted by atomic mass is 10.1. The number of amides is 2. The minimum Gasteiger partial charge on any atom is -0.347 e. The summed E-state index contributed by atoms with van der Waals surface area (Å²) in [6.45, 7) is 0. The summed E-state index contributed by atoms with van der Waals surface area (Å²) in [6, 6.07) is 13.5. The van der Waals surface area contributed by atoms with Crippen LogP contribution in [0.2, 0.25) is 0 Å². The summed E-state index contributed by atoms with van der Waals surface area (Å²) in [5, 5.41) is 8.90. The van der Waals surface area contributed by atoms with Gasteiger partial charge in [0.25, 0.3) is 0 Å². The Hall–Kier alpha value is -3.20. The molecule has 0 spiro atoms. The van der Waals surface area contributed by atoms with Gasteiger partial charge in [0.05, 0.1) is 0 Å². The molecule has 0 aliphatic rings. The SMILES string of the molecule is O=CN[C@@H](Cc1ccc(Br)cc1)C(=O)Nc1ccc(-c2noc(=O)[nH]2)cc1. The maximum absolute atomic E-state index is 12.5. The number of anilines is 1. The smallest absolute Gasteiger partial charge is 0.347 e. The Balaban J connectivity index is 1.68. The van der Waals surface area contributed by atoms with Crippen molar-refractivity contribution in [2.24, 2.45) is 0 Å². The van der Waals surface area contributed by atoms with Gasteiger partial charge in [0.1, 0.15) is 6.04 Å². The Morgan fingerprint density at radius 2 is 1.89 bits per heavy atom. The lowest BCUT2D eigenvalue weighted by molar-refractivity contribution is -0.121. The van der Waals surface area contributed by atoms with E-state index in [9.17, 15) is 14.4 Å². The molecule has 2 aromatic carbocycles. The highest BCUT2D eigenvalue weighted by Crippen LogP contribution is 2.18. The number of carbonyl (C=O) groups excluding carboxylic acids is 2. The average Bonchev–Trinajstić information content (AvgIpc) is 3.10. The lowest BCUT2D eigenvalue weighted by Gasteiger charge is -2.16. The predicted octanol–water partition coefficient (Wildman–Crippen LogP) is 2.09. The Bertz CT molecular complexity index is 980. The van der Waals surface area contributed by atoms with Crippen LogP contribution in [-0.4, -0.2) is 28.5 Å². The molecule has 8 nitrogen and oxygen atoms in total. The van der Waals surface area contributed by atoms with Crippen LogP contribution < -0.4 is 16.4 Å². The van der Waals surface area contributed by atoms with E-state index >= 15 is 0 Å². The van der Waals surface area contributed by atoms with Crippen LogP contribution >= 0.6 is 15.9 Å². The molecule has 27 heavy (non-hydrogen) atoms. The van der Waals surface area contributed by atoms with Gasteiger partial charge in [0.15, 0.2) is 5.82 Å². The van der Waals surface area contributed by atoms with Crippen molar-refractivity contribution in [2.75, 3.05) is 5.32 Å². The van der Waals surface area contributed by atoms with Crippen molar-refractivity contribution in [1.29, 1.82) is 0 Å². The second-order valence-corrected chi connectivity index (χ2v) is 6.59. The maximum atomic E-state index is 12.5. The molecule has 0 bridgehead atoms. The molecule has 138 valence electrons. The number of nitrogens with one attached hydrogen (secondary N) is 3. The number of hydrogen-bond donors (Lipinski definition) is 3. The molecular formula is C18H15BrN4O4. The number of rotatable bonds is 7. The molecule has 9 heteroatoms. The lowest BCUT2D eigenvalue weighted by Crippen LogP contribution is -2.41. The first-order valence-electron chi connectivity index (χ1n) is 7.96. The number of H-pyrrole nitrogens is 1. The van der Waals surface area contributed by atoms with Gasteiger partial charge in [-0.05, 0) is 42.0 Å². The van der Waals surface area contributed by atoms with Crippen LogP contribution in [0.3, 0.4) is 0 Å². The summed E-state index contributed by atoms with van der Waals surface area (Å²) >= 11 is 3.36. The van der Waals surface area contributed by atoms with E-state index in [0.717, 1.165) is 10.0 Å². The van der Waals surface area contributed by atoms with Gasteiger partial charge in [-0.1, -0.05) is 33.2 Å². The van der Waals surface area contributed by atoms with Crippen LogP contribution in [0.1, 0.15) is 5.56 Å². The van der Waals surface area contributed by atoms with Crippen LogP contribution in [-0.2, 0) is 16.0 Å². The van der Waals surface area contributed by atoms with E-state index in [4.69, 9.17) is 0 Å². The van der Waals surface area contributed by atoms with Gasteiger partial charge in [-0.25, -0.2) is 4.79 Å². The zero-order chi connectivity index (χ0) is 19.2. The average molecular weight is 431 g/mol. The Kier molecular flexibility index (Phi) is 5.82. The second-order valence-electron chi connectivity index (χ2n) is 5.68. The fourth-order valence-corrected chi connectivity index (χ4v) is 2.73. The number of nitrogens with zero attached hydrogens (tertiary/aromatic N) is 1. The maximum Gasteiger partial charge on any atom is 0.439 e. The van der Waals surface area contributed by atoms with Crippen LogP contribution in [0.5, 0.6) is 0 Å². The van der Waals surface area contributed by atoms with Gasteiger partial charge in [0.2, 0.25) is 12.3 Å². The van der Waals surface area contributed by atoms with Crippen molar-refractivity contribution in [3.05, 3.63) is 69.1 Å². The van der Waals surface area contributed by atoms with Crippen molar-refractivity contribution in [3.63, 3.8) is 0 Å². The molecule has 0 unspecified atom stereocenters. The van der Waals surface area contributed by atoms with Crippen molar-refractivity contribution in [3.8, 4) is 11.4 Å². The molecule has 0 fully saturated rings. The fraction of sp³-hybridized carbons (Fsp3) is 0.111. The van der Waals surface area contributed by atoms with E-state index in [1.165, 1.54) is 0 Å². The van der Waals surface area contributed by atoms with Crippen molar-refractivity contribution in [1.82, 2.24) is 15.5 Å². The molecule has 1 heterocycles. The zero-order valence-electron chi connectivity index (χ0n) is 13.9. The zero-order valence-corrected chi connectivity index (χ0v) is 15.5. The molecule has 3 aromatic rings. The van der Waals surface area contributed by atoms with Gasteiger partial charge in [-0.2, -0.15) is 0 Å². The Morgan fingerprint density at radius 3 is 2.48 bits per heavy atom. The highest BCUT2D eigenvalue weighted by atomic mass is 79.9. The van der Waals surface area contributed by atoms with Crippen LogP contribution in [0.4, 0.5) is 5.69 Å². The van der Waals surface area contributed by atoms with Gasteiger partial charge >= 0.3 is 5.76 Å². The molecule has 0 saturated carbocycles. The third-order valence-corrected chi connectivity index (χ3v) is 4.33. The quantitative estimate of drug-likeness (QED) is 0.496. The van der Waals surface area contributed by atoms with E-state index < -0.39 is 11.8 Å². The number of benzene rings is 2. The highest BCUT2D eigenvalue weighted by Gasteiger charge is 2.18. The van der Waals surface area contributed by atoms with Crippen molar-refractivity contribution in [2.45, 2.75) is 12.5 Å². The van der Waals surface area contributed by atoms with E-state index in [2.05, 4.69) is 41.2 Å². The fourth-order valence-electron chi connectivity index (χ4n) is 2.46. The molecule has 3 N–H and O–H groups in total. The predicted molar refractivity (Wildman–Crippen MR) is 102 cm³/mol. The van der Waals surface area contributed by atoms with E-state index in [0.29, 0.717) is 29.9 Å². The second kappa shape index (κ2) is 8.45. The molecule has 0 aliphatic carbocycles. The minimum absolute atomic E-state index is 0.300. The molecular weight excluding hydrogens is 416 g/mol. The number of aromatic nitrogens is 2. The summed E-state index contributed by atoms with van der Waals surface area (Å²) < 4.78 is 5.40. The van der Waals surface area contributed by atoms with Crippen LogP contribution in [0.25, 0.3) is 11.4 Å². The first-order chi connectivity index (χ1) is 13.0. The molecule has 2 amide bonds. The van der Waals surface area contributed by atoms with E-state index in [1.807, 2.05) is 24.3 Å². The third-order valence-electron chi connectivity index (χ3n) is 3.80. The molecule has 1 aromatic heterocycles. The third kappa shape index (κ3) is 4.91. The number of carbonyl (C=O) groups is 2. The van der Waals surface area contributed by atoms with Crippen molar-refractivity contribution >= 4 is 33.9 Å². The van der Waals surface area contributed by atoms with Gasteiger partial charge in [0, 0.05) is 22.1 Å². The molecule has 0 saturated heterocycles. The standard InChI is InChI=1S/C18H15BrN4O4/c19-13-5-1-11(2-6-13)9-15(20-10-24)17(25)21-14-7-3-12(4-8-14)16-22-18(26)27-23-16/h1-8,10,15H,9H2,(H,20,24)(H,21,25)(H,22,23,26)/t15-/m0/s1. The molecule has 0 radical (unpaired) electrons. The molecule has 3 rings (SSSR count). The summed E-state index contributed by atoms with van der Waals surface area (Å²) in [5.74, 6) is -0.681. The largest absolute Gasteiger partial charge is 0.439 e. The highest BCUT2D eigenvalue weighted by molar-refractivity contribution is 9.10. The number of hydrogen-bond acceptors (Lipinski definition) is 5. The first-order valence-corrected chi connectivity index (χ1v) is 8.76. The van der Waals surface area contributed by atoms with Gasteiger partial charge < -0.3 is 10.6 Å². The molecule has 1 atom stereocenters. The van der Waals surface area contributed by atoms with E-state index in [1.54, 1.807) is 24.3 Å². The normalized spacial score (nSPS) is 11.6. The monoisotopic (exact) mass is 430 g/mol. The topological polar surface area (TPSA) is 117 Å². The van der Waals surface area contributed by atoms with Gasteiger partial charge in [-0.3, -0.25) is 19.1 Å². The Morgan fingerprint density at radius 1 is 1.19 bits per heavy atom. The summed E-state index contributed by atoms with van der Waals surface area (Å²) in [7, 11) is 0. The van der Waals surface area contributed by atoms with Gasteiger partial charge in [-0.15, -0.1) is 0 Å². The van der Waals surface area contributed by atoms with E-state index in [-0.39, 0.29) is 5.91 Å². The first kappa shape index (κ1) is 18.6. The summed E-state index contributed by atoms with van der Waals surface area (Å²) in [4.78, 5) is 36.8. The number of aromatic amines is 1. The summed E-state index contributed by atoms with van der Waals surface area (Å²) in [6.07, 6.45) is 0.864. The van der Waals surface area contributed by atoms with Crippen LogP contribution in [0.15, 0.2) is 62.3 Å². The molecule has 0 aliphatic heterocycles. The number of halogens is 1.